The van der Waals surface area contributed by atoms with Gasteiger partial charge < -0.3 is 9.42 Å². The molecule has 1 amide bonds. The van der Waals surface area contributed by atoms with Gasteiger partial charge in [0.05, 0.1) is 6.04 Å². The average Bonchev–Trinajstić information content (AvgIpc) is 3.05. The molecule has 0 radical (unpaired) electrons. The largest absolute Gasteiger partial charge is 0.364 e. The summed E-state index contributed by atoms with van der Waals surface area (Å²) in [6, 6.07) is 6.76. The first-order valence-corrected chi connectivity index (χ1v) is 6.93. The fourth-order valence-corrected chi connectivity index (χ4v) is 2.03. The molecule has 1 aromatic carbocycles. The van der Waals surface area contributed by atoms with Gasteiger partial charge in [0.2, 0.25) is 5.91 Å². The number of carbonyl (C=O) groups is 2. The Hall–Kier alpha value is -2.50. The molecule has 0 unspecified atom stereocenters. The maximum absolute atomic E-state index is 12.8. The number of ketones is 1. The molecule has 116 valence electrons. The van der Waals surface area contributed by atoms with E-state index in [4.69, 9.17) is 4.52 Å². The zero-order valence-electron chi connectivity index (χ0n) is 12.5. The number of nitrogens with zero attached hydrogens (tertiary/aromatic N) is 2. The first-order valence-electron chi connectivity index (χ1n) is 6.93. The summed E-state index contributed by atoms with van der Waals surface area (Å²) in [7, 11) is 1.66. The van der Waals surface area contributed by atoms with Crippen molar-refractivity contribution in [2.45, 2.75) is 25.8 Å². The van der Waals surface area contributed by atoms with Crippen LogP contribution in [0.1, 0.15) is 41.9 Å². The molecule has 0 bridgehead atoms. The lowest BCUT2D eigenvalue weighted by Gasteiger charge is -2.23. The summed E-state index contributed by atoms with van der Waals surface area (Å²) in [5.74, 6) is -0.740. The Morgan fingerprint density at radius 3 is 2.50 bits per heavy atom. The smallest absolute Gasteiger partial charge is 0.223 e. The van der Waals surface area contributed by atoms with Crippen molar-refractivity contribution in [3.8, 4) is 0 Å². The topological polar surface area (TPSA) is 63.4 Å². The summed E-state index contributed by atoms with van der Waals surface area (Å²) in [5.41, 5.74) is 1.06. The standard InChI is InChI=1S/C16H17FN2O3/c1-11(14-9-10-22-18-14)19(2)16(21)8-7-15(20)12-3-5-13(17)6-4-12/h3-6,9-11H,7-8H2,1-2H3/t11-/m0/s1. The van der Waals surface area contributed by atoms with Crippen molar-refractivity contribution in [3.05, 3.63) is 53.7 Å². The van der Waals surface area contributed by atoms with E-state index in [1.807, 2.05) is 6.92 Å². The summed E-state index contributed by atoms with van der Waals surface area (Å²) < 4.78 is 17.6. The SMILES string of the molecule is C[C@@H](c1ccon1)N(C)C(=O)CCC(=O)c1ccc(F)cc1. The van der Waals surface area contributed by atoms with Crippen molar-refractivity contribution in [3.63, 3.8) is 0 Å². The maximum atomic E-state index is 12.8. The molecule has 0 saturated heterocycles. The third kappa shape index (κ3) is 3.78. The van der Waals surface area contributed by atoms with E-state index in [1.165, 1.54) is 35.4 Å². The number of halogens is 1. The average molecular weight is 304 g/mol. The third-order valence-electron chi connectivity index (χ3n) is 3.59. The van der Waals surface area contributed by atoms with E-state index in [2.05, 4.69) is 5.16 Å². The van der Waals surface area contributed by atoms with E-state index >= 15 is 0 Å². The highest BCUT2D eigenvalue weighted by Crippen LogP contribution is 2.18. The Morgan fingerprint density at radius 1 is 1.23 bits per heavy atom. The zero-order valence-corrected chi connectivity index (χ0v) is 12.5. The lowest BCUT2D eigenvalue weighted by atomic mass is 10.1. The highest BCUT2D eigenvalue weighted by Gasteiger charge is 2.20. The van der Waals surface area contributed by atoms with Gasteiger partial charge in [0.25, 0.3) is 0 Å². The van der Waals surface area contributed by atoms with E-state index < -0.39 is 5.82 Å². The molecular formula is C16H17FN2O3. The van der Waals surface area contributed by atoms with Crippen LogP contribution in [-0.2, 0) is 4.79 Å². The normalized spacial score (nSPS) is 12.0. The number of rotatable bonds is 6. The van der Waals surface area contributed by atoms with Crippen LogP contribution >= 0.6 is 0 Å². The highest BCUT2D eigenvalue weighted by molar-refractivity contribution is 5.97. The Labute approximate surface area is 127 Å². The molecule has 6 heteroatoms. The van der Waals surface area contributed by atoms with Crippen LogP contribution in [-0.4, -0.2) is 28.8 Å². The summed E-state index contributed by atoms with van der Waals surface area (Å²) in [6.45, 7) is 1.83. The van der Waals surface area contributed by atoms with Gasteiger partial charge in [-0.15, -0.1) is 0 Å². The summed E-state index contributed by atoms with van der Waals surface area (Å²) in [6.07, 6.45) is 1.62. The van der Waals surface area contributed by atoms with Crippen molar-refractivity contribution in [1.82, 2.24) is 10.1 Å². The van der Waals surface area contributed by atoms with Gasteiger partial charge in [-0.2, -0.15) is 0 Å². The van der Waals surface area contributed by atoms with Crippen LogP contribution in [0, 0.1) is 5.82 Å². The van der Waals surface area contributed by atoms with Gasteiger partial charge in [0.1, 0.15) is 17.8 Å². The van der Waals surface area contributed by atoms with Gasteiger partial charge in [-0.05, 0) is 31.2 Å². The minimum Gasteiger partial charge on any atom is -0.364 e. The number of hydrogen-bond acceptors (Lipinski definition) is 4. The maximum Gasteiger partial charge on any atom is 0.223 e. The van der Waals surface area contributed by atoms with Crippen molar-refractivity contribution < 1.29 is 18.5 Å². The van der Waals surface area contributed by atoms with Crippen LogP contribution < -0.4 is 0 Å². The van der Waals surface area contributed by atoms with Crippen LogP contribution in [0.2, 0.25) is 0 Å². The van der Waals surface area contributed by atoms with Crippen LogP contribution in [0.4, 0.5) is 4.39 Å². The molecule has 0 saturated carbocycles. The minimum atomic E-state index is -0.395. The lowest BCUT2D eigenvalue weighted by molar-refractivity contribution is -0.131. The molecule has 5 nitrogen and oxygen atoms in total. The molecule has 0 fully saturated rings. The predicted molar refractivity (Wildman–Crippen MR) is 77.7 cm³/mol. The van der Waals surface area contributed by atoms with Crippen molar-refractivity contribution >= 4 is 11.7 Å². The molecule has 0 aliphatic heterocycles. The first-order chi connectivity index (χ1) is 10.5. The monoisotopic (exact) mass is 304 g/mol. The summed E-state index contributed by atoms with van der Waals surface area (Å²) in [4.78, 5) is 25.6. The Morgan fingerprint density at radius 2 is 1.91 bits per heavy atom. The second kappa shape index (κ2) is 6.98. The molecule has 0 aliphatic carbocycles. The Balaban J connectivity index is 1.89. The van der Waals surface area contributed by atoms with Crippen LogP contribution in [0.5, 0.6) is 0 Å². The number of hydrogen-bond donors (Lipinski definition) is 0. The molecule has 0 spiro atoms. The van der Waals surface area contributed by atoms with E-state index in [-0.39, 0.29) is 30.6 Å². The molecule has 1 atom stereocenters. The van der Waals surface area contributed by atoms with Gasteiger partial charge in [0.15, 0.2) is 5.78 Å². The van der Waals surface area contributed by atoms with Gasteiger partial charge in [-0.25, -0.2) is 4.39 Å². The van der Waals surface area contributed by atoms with E-state index in [9.17, 15) is 14.0 Å². The van der Waals surface area contributed by atoms with Gasteiger partial charge in [-0.3, -0.25) is 9.59 Å². The third-order valence-corrected chi connectivity index (χ3v) is 3.59. The molecule has 0 N–H and O–H groups in total. The Bertz CT molecular complexity index is 638. The van der Waals surface area contributed by atoms with Gasteiger partial charge in [0, 0.05) is 31.5 Å². The van der Waals surface area contributed by atoms with Crippen molar-refractivity contribution in [1.29, 1.82) is 0 Å². The minimum absolute atomic E-state index is 0.0837. The number of amides is 1. The van der Waals surface area contributed by atoms with E-state index in [1.54, 1.807) is 13.1 Å². The molecule has 22 heavy (non-hydrogen) atoms. The summed E-state index contributed by atoms with van der Waals surface area (Å²) in [5, 5.41) is 3.80. The van der Waals surface area contributed by atoms with Gasteiger partial charge in [-0.1, -0.05) is 5.16 Å². The lowest BCUT2D eigenvalue weighted by Crippen LogP contribution is -2.30. The highest BCUT2D eigenvalue weighted by atomic mass is 19.1. The number of carbonyl (C=O) groups excluding carboxylic acids is 2. The summed E-state index contributed by atoms with van der Waals surface area (Å²) >= 11 is 0. The van der Waals surface area contributed by atoms with E-state index in [0.717, 1.165) is 0 Å². The second-order valence-electron chi connectivity index (χ2n) is 5.03. The predicted octanol–water partition coefficient (Wildman–Crippen LogP) is 3.00. The quantitative estimate of drug-likeness (QED) is 0.770. The van der Waals surface area contributed by atoms with Gasteiger partial charge >= 0.3 is 0 Å². The first kappa shape index (κ1) is 15.9. The molecular weight excluding hydrogens is 287 g/mol. The number of benzene rings is 1. The van der Waals surface area contributed by atoms with Crippen molar-refractivity contribution in [2.75, 3.05) is 7.05 Å². The van der Waals surface area contributed by atoms with Crippen LogP contribution in [0.25, 0.3) is 0 Å². The molecule has 2 aromatic rings. The number of Topliss-reactive ketones (excluding diaryl/α,β-unsaturated/α-hetero) is 1. The molecule has 1 aromatic heterocycles. The second-order valence-corrected chi connectivity index (χ2v) is 5.03. The fourth-order valence-electron chi connectivity index (χ4n) is 2.03. The Kier molecular flexibility index (Phi) is 5.04. The van der Waals surface area contributed by atoms with Crippen molar-refractivity contribution in [2.24, 2.45) is 0 Å². The zero-order chi connectivity index (χ0) is 16.1. The molecule has 0 aliphatic rings. The van der Waals surface area contributed by atoms with Crippen LogP contribution in [0.15, 0.2) is 41.1 Å². The van der Waals surface area contributed by atoms with E-state index in [0.29, 0.717) is 11.3 Å². The fraction of sp³-hybridized carbons (Fsp3) is 0.312. The molecule has 2 rings (SSSR count). The van der Waals surface area contributed by atoms with Crippen LogP contribution in [0.3, 0.4) is 0 Å². The molecule has 1 heterocycles. The number of aromatic nitrogens is 1.